The Balaban J connectivity index is 1.63. The number of aryl methyl sites for hydroxylation is 1. The molecule has 1 aromatic rings. The average Bonchev–Trinajstić information content (AvgIpc) is 3.28. The zero-order valence-corrected chi connectivity index (χ0v) is 11.8. The predicted molar refractivity (Wildman–Crippen MR) is 73.7 cm³/mol. The molecular weight excluding hydrogens is 240 g/mol. The van der Waals surface area contributed by atoms with Gasteiger partial charge in [-0.1, -0.05) is 6.92 Å². The average molecular weight is 262 g/mol. The molecule has 0 spiro atoms. The number of rotatable bonds is 4. The molecule has 3 rings (SSSR count). The van der Waals surface area contributed by atoms with Gasteiger partial charge in [0, 0.05) is 19.1 Å². The minimum atomic E-state index is 0.570. The van der Waals surface area contributed by atoms with E-state index in [2.05, 4.69) is 32.7 Å². The van der Waals surface area contributed by atoms with Gasteiger partial charge >= 0.3 is 0 Å². The highest BCUT2D eigenvalue weighted by molar-refractivity contribution is 5.81. The lowest BCUT2D eigenvalue weighted by Crippen LogP contribution is -2.40. The zero-order chi connectivity index (χ0) is 13.4. The third kappa shape index (κ3) is 3.05. The van der Waals surface area contributed by atoms with Gasteiger partial charge in [0.25, 0.3) is 0 Å². The number of hydrogen-bond donors (Lipinski definition) is 2. The molecule has 2 N–H and O–H groups in total. The van der Waals surface area contributed by atoms with Crippen molar-refractivity contribution in [3.63, 3.8) is 0 Å². The maximum atomic E-state index is 4.63. The maximum Gasteiger partial charge on any atom is 0.192 e. The monoisotopic (exact) mass is 262 g/mol. The summed E-state index contributed by atoms with van der Waals surface area (Å²) in [5, 5.41) is 15.1. The molecule has 0 bridgehead atoms. The first-order valence-electron chi connectivity index (χ1n) is 7.06. The molecule has 2 unspecified atom stereocenters. The van der Waals surface area contributed by atoms with Crippen molar-refractivity contribution in [3.05, 3.63) is 11.6 Å². The highest BCUT2D eigenvalue weighted by atomic mass is 15.3. The molecule has 1 aromatic heterocycles. The normalized spacial score (nSPS) is 26.4. The van der Waals surface area contributed by atoms with Gasteiger partial charge in [0.15, 0.2) is 11.8 Å². The highest BCUT2D eigenvalue weighted by Gasteiger charge is 2.34. The molecule has 2 aliphatic carbocycles. The Kier molecular flexibility index (Phi) is 3.16. The second-order valence-corrected chi connectivity index (χ2v) is 5.77. The molecular formula is C13H22N6. The van der Waals surface area contributed by atoms with Crippen LogP contribution in [0.15, 0.2) is 4.99 Å². The van der Waals surface area contributed by atoms with Crippen LogP contribution < -0.4 is 10.6 Å². The van der Waals surface area contributed by atoms with Crippen molar-refractivity contribution in [2.75, 3.05) is 0 Å². The number of guanidine groups is 1. The molecule has 0 aliphatic heterocycles. The first kappa shape index (κ1) is 12.4. The van der Waals surface area contributed by atoms with Crippen molar-refractivity contribution >= 4 is 5.96 Å². The minimum absolute atomic E-state index is 0.570. The van der Waals surface area contributed by atoms with Crippen LogP contribution in [0.4, 0.5) is 0 Å². The summed E-state index contributed by atoms with van der Waals surface area (Å²) in [5.74, 6) is 3.52. The Bertz CT molecular complexity index is 487. The predicted octanol–water partition coefficient (Wildman–Crippen LogP) is 0.730. The van der Waals surface area contributed by atoms with Crippen LogP contribution in [0.5, 0.6) is 0 Å². The fourth-order valence-corrected chi connectivity index (χ4v) is 1.99. The van der Waals surface area contributed by atoms with Gasteiger partial charge < -0.3 is 15.2 Å². The molecule has 0 radical (unpaired) electrons. The first-order valence-corrected chi connectivity index (χ1v) is 7.06. The molecule has 6 heteroatoms. The molecule has 104 valence electrons. The van der Waals surface area contributed by atoms with Crippen molar-refractivity contribution in [1.82, 2.24) is 25.4 Å². The topological polar surface area (TPSA) is 67.1 Å². The Morgan fingerprint density at radius 2 is 2.11 bits per heavy atom. The fourth-order valence-electron chi connectivity index (χ4n) is 1.99. The van der Waals surface area contributed by atoms with Crippen LogP contribution in [-0.2, 0) is 13.6 Å². The molecule has 6 nitrogen and oxygen atoms in total. The lowest BCUT2D eigenvalue weighted by molar-refractivity contribution is 0.734. The van der Waals surface area contributed by atoms with E-state index >= 15 is 0 Å². The van der Waals surface area contributed by atoms with E-state index in [1.54, 1.807) is 0 Å². The Morgan fingerprint density at radius 1 is 1.37 bits per heavy atom. The molecule has 0 amide bonds. The second kappa shape index (κ2) is 4.83. The lowest BCUT2D eigenvalue weighted by Gasteiger charge is -2.11. The summed E-state index contributed by atoms with van der Waals surface area (Å²) < 4.78 is 1.98. The van der Waals surface area contributed by atoms with Gasteiger partial charge in [0.2, 0.25) is 0 Å². The largest absolute Gasteiger partial charge is 0.354 e. The number of nitrogens with zero attached hydrogens (tertiary/aromatic N) is 4. The van der Waals surface area contributed by atoms with E-state index in [4.69, 9.17) is 0 Å². The Labute approximate surface area is 113 Å². The summed E-state index contributed by atoms with van der Waals surface area (Å²) >= 11 is 0. The van der Waals surface area contributed by atoms with Crippen LogP contribution in [0.25, 0.3) is 0 Å². The molecule has 1 heterocycles. The zero-order valence-electron chi connectivity index (χ0n) is 11.8. The fraction of sp³-hybridized carbons (Fsp3) is 0.769. The lowest BCUT2D eigenvalue weighted by atomic mass is 10.5. The van der Waals surface area contributed by atoms with Gasteiger partial charge in [0.05, 0.1) is 0 Å². The van der Waals surface area contributed by atoms with Crippen LogP contribution in [0, 0.1) is 12.8 Å². The number of aliphatic imine (C=N–C) groups is 1. The van der Waals surface area contributed by atoms with Crippen molar-refractivity contribution in [1.29, 1.82) is 0 Å². The summed E-state index contributed by atoms with van der Waals surface area (Å²) in [4.78, 5) is 4.63. The van der Waals surface area contributed by atoms with Gasteiger partial charge in [-0.2, -0.15) is 0 Å². The van der Waals surface area contributed by atoms with E-state index in [9.17, 15) is 0 Å². The van der Waals surface area contributed by atoms with Crippen LogP contribution in [0.1, 0.15) is 37.8 Å². The summed E-state index contributed by atoms with van der Waals surface area (Å²) in [6, 6.07) is 1.20. The third-order valence-corrected chi connectivity index (χ3v) is 3.91. The van der Waals surface area contributed by atoms with Gasteiger partial charge in [-0.15, -0.1) is 10.2 Å². The van der Waals surface area contributed by atoms with Crippen LogP contribution in [0.2, 0.25) is 0 Å². The van der Waals surface area contributed by atoms with Crippen molar-refractivity contribution < 1.29 is 0 Å². The van der Waals surface area contributed by atoms with Crippen molar-refractivity contribution in [2.45, 2.75) is 51.7 Å². The van der Waals surface area contributed by atoms with Crippen LogP contribution in [-0.4, -0.2) is 32.8 Å². The van der Waals surface area contributed by atoms with E-state index in [1.807, 2.05) is 18.5 Å². The van der Waals surface area contributed by atoms with E-state index in [0.29, 0.717) is 18.6 Å². The van der Waals surface area contributed by atoms with Gasteiger partial charge in [0.1, 0.15) is 12.4 Å². The molecule has 0 saturated heterocycles. The summed E-state index contributed by atoms with van der Waals surface area (Å²) in [6.45, 7) is 4.78. The quantitative estimate of drug-likeness (QED) is 0.620. The van der Waals surface area contributed by atoms with Gasteiger partial charge in [-0.25, -0.2) is 4.99 Å². The Morgan fingerprint density at radius 3 is 2.63 bits per heavy atom. The van der Waals surface area contributed by atoms with Crippen molar-refractivity contribution in [3.8, 4) is 0 Å². The molecule has 2 aliphatic rings. The van der Waals surface area contributed by atoms with E-state index in [-0.39, 0.29) is 0 Å². The summed E-state index contributed by atoms with van der Waals surface area (Å²) in [7, 11) is 1.98. The van der Waals surface area contributed by atoms with E-state index in [0.717, 1.165) is 23.5 Å². The summed E-state index contributed by atoms with van der Waals surface area (Å²) in [6.07, 6.45) is 3.75. The van der Waals surface area contributed by atoms with Gasteiger partial charge in [-0.05, 0) is 32.1 Å². The number of aromatic nitrogens is 3. The molecule has 19 heavy (non-hydrogen) atoms. The molecule has 2 saturated carbocycles. The number of nitrogens with one attached hydrogen (secondary N) is 2. The van der Waals surface area contributed by atoms with E-state index in [1.165, 1.54) is 19.3 Å². The van der Waals surface area contributed by atoms with Gasteiger partial charge in [-0.3, -0.25) is 0 Å². The van der Waals surface area contributed by atoms with Crippen LogP contribution >= 0.6 is 0 Å². The molecule has 2 fully saturated rings. The number of hydrogen-bond acceptors (Lipinski definition) is 3. The smallest absolute Gasteiger partial charge is 0.192 e. The van der Waals surface area contributed by atoms with Crippen molar-refractivity contribution in [2.24, 2.45) is 18.0 Å². The third-order valence-electron chi connectivity index (χ3n) is 3.91. The highest BCUT2D eigenvalue weighted by Crippen LogP contribution is 2.29. The molecule has 2 atom stereocenters. The van der Waals surface area contributed by atoms with E-state index < -0.39 is 0 Å². The summed E-state index contributed by atoms with van der Waals surface area (Å²) in [5.41, 5.74) is 0. The SMILES string of the molecule is Cc1nnc(CN=C(NC2CC2)NC2CC2C)n1C. The standard InChI is InChI=1S/C13H22N6/c1-8-6-11(8)16-13(15-10-4-5-10)14-7-12-18-17-9(2)19(12)3/h8,10-11H,4-7H2,1-3H3,(H2,14,15,16). The first-order chi connectivity index (χ1) is 9.13. The Hall–Kier alpha value is -1.59. The molecule has 0 aromatic carbocycles. The second-order valence-electron chi connectivity index (χ2n) is 5.77. The van der Waals surface area contributed by atoms with Crippen LogP contribution in [0.3, 0.4) is 0 Å². The maximum absolute atomic E-state index is 4.63. The minimum Gasteiger partial charge on any atom is -0.354 e.